The predicted octanol–water partition coefficient (Wildman–Crippen LogP) is 5.32. The van der Waals surface area contributed by atoms with Gasteiger partial charge < -0.3 is 10.1 Å². The molecule has 0 saturated heterocycles. The smallest absolute Gasteiger partial charge is 0.341 e. The zero-order valence-electron chi connectivity index (χ0n) is 15.3. The summed E-state index contributed by atoms with van der Waals surface area (Å²) in [5.74, 6) is -0.504. The molecule has 5 nitrogen and oxygen atoms in total. The third-order valence-electron chi connectivity index (χ3n) is 4.26. The van der Waals surface area contributed by atoms with Crippen molar-refractivity contribution in [2.45, 2.75) is 20.8 Å². The highest BCUT2D eigenvalue weighted by molar-refractivity contribution is 6.32. The van der Waals surface area contributed by atoms with Gasteiger partial charge in [0.15, 0.2) is 5.78 Å². The molecule has 138 valence electrons. The lowest BCUT2D eigenvalue weighted by molar-refractivity contribution is 0.0527. The van der Waals surface area contributed by atoms with Gasteiger partial charge in [-0.05, 0) is 50.6 Å². The molecule has 0 spiro atoms. The molecule has 0 aliphatic rings. The van der Waals surface area contributed by atoms with Crippen LogP contribution in [0.4, 0.5) is 11.4 Å². The Hall–Kier alpha value is -2.92. The number of nitrogens with one attached hydrogen (secondary N) is 1. The number of halogens is 1. The number of hydrogen-bond acceptors (Lipinski definition) is 5. The number of benzene rings is 2. The summed E-state index contributed by atoms with van der Waals surface area (Å²) in [7, 11) is 0. The molecule has 0 amide bonds. The molecule has 3 rings (SSSR count). The number of fused-ring (bicyclic) bond motifs is 1. The van der Waals surface area contributed by atoms with Gasteiger partial charge in [-0.2, -0.15) is 0 Å². The molecule has 0 fully saturated rings. The number of pyridine rings is 1. The Morgan fingerprint density at radius 3 is 2.70 bits per heavy atom. The van der Waals surface area contributed by atoms with Gasteiger partial charge in [0.2, 0.25) is 0 Å². The van der Waals surface area contributed by atoms with E-state index in [9.17, 15) is 9.59 Å². The number of nitrogens with zero attached hydrogens (tertiary/aromatic N) is 1. The van der Waals surface area contributed by atoms with Crippen molar-refractivity contribution in [1.82, 2.24) is 4.98 Å². The van der Waals surface area contributed by atoms with Gasteiger partial charge in [-0.1, -0.05) is 23.7 Å². The topological polar surface area (TPSA) is 68.3 Å². The summed E-state index contributed by atoms with van der Waals surface area (Å²) < 4.78 is 5.17. The third kappa shape index (κ3) is 3.78. The highest BCUT2D eigenvalue weighted by Crippen LogP contribution is 2.33. The molecule has 3 aromatic rings. The van der Waals surface area contributed by atoms with E-state index in [0.29, 0.717) is 33.0 Å². The van der Waals surface area contributed by atoms with Crippen LogP contribution in [0.1, 0.15) is 40.1 Å². The van der Waals surface area contributed by atoms with Gasteiger partial charge in [-0.15, -0.1) is 0 Å². The van der Waals surface area contributed by atoms with E-state index in [2.05, 4.69) is 10.3 Å². The van der Waals surface area contributed by atoms with Crippen molar-refractivity contribution < 1.29 is 14.3 Å². The monoisotopic (exact) mass is 382 g/mol. The molecule has 6 heteroatoms. The van der Waals surface area contributed by atoms with Crippen molar-refractivity contribution in [3.8, 4) is 0 Å². The van der Waals surface area contributed by atoms with E-state index in [-0.39, 0.29) is 12.4 Å². The van der Waals surface area contributed by atoms with Crippen LogP contribution in [0.2, 0.25) is 5.02 Å². The average Bonchev–Trinajstić information content (AvgIpc) is 2.65. The Bertz CT molecular complexity index is 1050. The molecule has 2 aromatic carbocycles. The summed E-state index contributed by atoms with van der Waals surface area (Å²) in [5, 5.41) is 4.61. The molecule has 0 aliphatic carbocycles. The van der Waals surface area contributed by atoms with Crippen molar-refractivity contribution in [1.29, 1.82) is 0 Å². The number of aromatic nitrogens is 1. The highest BCUT2D eigenvalue weighted by atomic mass is 35.5. The fourth-order valence-electron chi connectivity index (χ4n) is 2.84. The van der Waals surface area contributed by atoms with Crippen LogP contribution in [-0.4, -0.2) is 23.3 Å². The number of esters is 1. The van der Waals surface area contributed by atoms with Crippen LogP contribution in [0.5, 0.6) is 0 Å². The highest BCUT2D eigenvalue weighted by Gasteiger charge is 2.18. The van der Waals surface area contributed by atoms with Gasteiger partial charge in [0.25, 0.3) is 0 Å². The van der Waals surface area contributed by atoms with Gasteiger partial charge in [0.1, 0.15) is 5.56 Å². The Morgan fingerprint density at radius 1 is 1.22 bits per heavy atom. The number of hydrogen-bond donors (Lipinski definition) is 1. The second kappa shape index (κ2) is 7.76. The fourth-order valence-corrected chi connectivity index (χ4v) is 2.99. The van der Waals surface area contributed by atoms with Gasteiger partial charge in [0, 0.05) is 27.9 Å². The van der Waals surface area contributed by atoms with Gasteiger partial charge in [-0.3, -0.25) is 9.78 Å². The number of anilines is 2. The first-order chi connectivity index (χ1) is 12.9. The van der Waals surface area contributed by atoms with Crippen LogP contribution < -0.4 is 5.32 Å². The number of carbonyl (C=O) groups is 2. The van der Waals surface area contributed by atoms with E-state index in [1.54, 1.807) is 31.2 Å². The second-order valence-electron chi connectivity index (χ2n) is 6.10. The maximum Gasteiger partial charge on any atom is 0.341 e. The van der Waals surface area contributed by atoms with Crippen molar-refractivity contribution in [3.05, 3.63) is 64.3 Å². The summed E-state index contributed by atoms with van der Waals surface area (Å²) in [6.45, 7) is 5.40. The van der Waals surface area contributed by atoms with E-state index in [1.807, 2.05) is 19.1 Å². The van der Waals surface area contributed by atoms with E-state index in [0.717, 1.165) is 10.9 Å². The molecular formula is C21H19ClN2O3. The normalized spacial score (nSPS) is 10.7. The maximum absolute atomic E-state index is 12.4. The van der Waals surface area contributed by atoms with Gasteiger partial charge >= 0.3 is 5.97 Å². The summed E-state index contributed by atoms with van der Waals surface area (Å²) in [4.78, 5) is 28.5. The number of rotatable bonds is 5. The van der Waals surface area contributed by atoms with Crippen LogP contribution in [-0.2, 0) is 4.74 Å². The molecule has 0 aliphatic heterocycles. The number of Topliss-reactive ketones (excluding diaryl/α,β-unsaturated/α-hetero) is 1. The average molecular weight is 383 g/mol. The van der Waals surface area contributed by atoms with E-state index in [1.165, 1.54) is 13.1 Å². The number of ketones is 1. The lowest BCUT2D eigenvalue weighted by atomic mass is 10.0. The molecular weight excluding hydrogens is 364 g/mol. The molecule has 0 atom stereocenters. The van der Waals surface area contributed by atoms with Crippen LogP contribution in [0.15, 0.2) is 42.6 Å². The molecule has 1 heterocycles. The first-order valence-corrected chi connectivity index (χ1v) is 8.93. The fraction of sp³-hybridized carbons (Fsp3) is 0.190. The number of aryl methyl sites for hydroxylation is 1. The summed E-state index contributed by atoms with van der Waals surface area (Å²) >= 11 is 6.22. The largest absolute Gasteiger partial charge is 0.462 e. The van der Waals surface area contributed by atoms with Crippen LogP contribution in [0.25, 0.3) is 10.9 Å². The Morgan fingerprint density at radius 2 is 2.00 bits per heavy atom. The number of ether oxygens (including phenoxy) is 1. The zero-order valence-corrected chi connectivity index (χ0v) is 16.1. The Kier molecular flexibility index (Phi) is 5.42. The van der Waals surface area contributed by atoms with Crippen molar-refractivity contribution in [2.24, 2.45) is 0 Å². The molecule has 1 aromatic heterocycles. The van der Waals surface area contributed by atoms with E-state index >= 15 is 0 Å². The zero-order chi connectivity index (χ0) is 19.6. The summed E-state index contributed by atoms with van der Waals surface area (Å²) in [5.41, 5.74) is 3.67. The van der Waals surface area contributed by atoms with Crippen LogP contribution in [0, 0.1) is 6.92 Å². The standard InChI is InChI=1S/C21H19ClN2O3/c1-4-27-21(26)17-11-23-19-12(2)18(22)9-8-16(19)20(17)24-15-7-5-6-14(10-15)13(3)25/h5-11H,4H2,1-3H3,(H,23,24). The first-order valence-electron chi connectivity index (χ1n) is 8.55. The minimum absolute atomic E-state index is 0.0357. The third-order valence-corrected chi connectivity index (χ3v) is 4.67. The minimum atomic E-state index is -0.468. The van der Waals surface area contributed by atoms with Crippen molar-refractivity contribution in [2.75, 3.05) is 11.9 Å². The van der Waals surface area contributed by atoms with Gasteiger partial charge in [-0.25, -0.2) is 4.79 Å². The van der Waals surface area contributed by atoms with Gasteiger partial charge in [0.05, 0.1) is 17.8 Å². The SMILES string of the molecule is CCOC(=O)c1cnc2c(C)c(Cl)ccc2c1Nc1cccc(C(C)=O)c1. The Labute approximate surface area is 162 Å². The lowest BCUT2D eigenvalue weighted by Gasteiger charge is -2.16. The van der Waals surface area contributed by atoms with Crippen molar-refractivity contribution in [3.63, 3.8) is 0 Å². The first kappa shape index (κ1) is 18.9. The van der Waals surface area contributed by atoms with E-state index < -0.39 is 5.97 Å². The molecule has 0 bridgehead atoms. The summed E-state index contributed by atoms with van der Waals surface area (Å²) in [6.07, 6.45) is 1.49. The molecule has 1 N–H and O–H groups in total. The lowest BCUT2D eigenvalue weighted by Crippen LogP contribution is -2.09. The van der Waals surface area contributed by atoms with E-state index in [4.69, 9.17) is 16.3 Å². The summed E-state index contributed by atoms with van der Waals surface area (Å²) in [6, 6.07) is 10.7. The van der Waals surface area contributed by atoms with Crippen LogP contribution >= 0.6 is 11.6 Å². The Balaban J connectivity index is 2.19. The molecule has 0 unspecified atom stereocenters. The predicted molar refractivity (Wildman–Crippen MR) is 107 cm³/mol. The number of carbonyl (C=O) groups excluding carboxylic acids is 2. The minimum Gasteiger partial charge on any atom is -0.462 e. The van der Waals surface area contributed by atoms with Crippen LogP contribution in [0.3, 0.4) is 0 Å². The molecule has 0 radical (unpaired) electrons. The quantitative estimate of drug-likeness (QED) is 0.477. The molecule has 0 saturated carbocycles. The van der Waals surface area contributed by atoms with Crippen molar-refractivity contribution >= 4 is 45.6 Å². The maximum atomic E-state index is 12.4. The second-order valence-corrected chi connectivity index (χ2v) is 6.51. The molecule has 27 heavy (non-hydrogen) atoms.